The molecule has 0 saturated heterocycles. The Balaban J connectivity index is 2.26. The summed E-state index contributed by atoms with van der Waals surface area (Å²) in [5.41, 5.74) is 0.922. The van der Waals surface area contributed by atoms with Gasteiger partial charge in [-0.15, -0.1) is 0 Å². The number of rotatable bonds is 8. The largest absolute Gasteiger partial charge is 0.497 e. The van der Waals surface area contributed by atoms with Gasteiger partial charge in [0.1, 0.15) is 12.4 Å². The third kappa shape index (κ3) is 6.45. The minimum atomic E-state index is -0.341. The summed E-state index contributed by atoms with van der Waals surface area (Å²) in [4.78, 5) is 11.0. The number of methoxy groups -OCH3 is 1. The molecule has 0 bridgehead atoms. The van der Waals surface area contributed by atoms with Gasteiger partial charge in [-0.2, -0.15) is 0 Å². The number of nitrogens with one attached hydrogen (secondary N) is 1. The van der Waals surface area contributed by atoms with E-state index in [2.05, 4.69) is 21.2 Å². The zero-order valence-corrected chi connectivity index (χ0v) is 12.7. The van der Waals surface area contributed by atoms with E-state index in [-0.39, 0.29) is 12.6 Å². The Kier molecular flexibility index (Phi) is 7.28. The molecule has 0 aliphatic rings. The smallest absolute Gasteiger partial charge is 0.332 e. The normalized spacial score (nSPS) is 10.1. The van der Waals surface area contributed by atoms with E-state index >= 15 is 0 Å². The first-order valence-electron chi connectivity index (χ1n) is 5.97. The monoisotopic (exact) mass is 331 g/mol. The van der Waals surface area contributed by atoms with E-state index < -0.39 is 0 Å². The molecule has 0 amide bonds. The lowest BCUT2D eigenvalue weighted by Crippen LogP contribution is -2.16. The fourth-order valence-electron chi connectivity index (χ4n) is 1.41. The van der Waals surface area contributed by atoms with E-state index in [1.54, 1.807) is 14.0 Å². The van der Waals surface area contributed by atoms with Crippen molar-refractivity contribution in [3.63, 3.8) is 0 Å². The number of hydrogen-bond acceptors (Lipinski definition) is 5. The SMILES string of the molecule is CCOC(=O)COCCNc1cc(Br)cc(OC)c1. The van der Waals surface area contributed by atoms with Crippen LogP contribution in [0.15, 0.2) is 22.7 Å². The second-order valence-corrected chi connectivity index (χ2v) is 4.58. The fraction of sp³-hybridized carbons (Fsp3) is 0.462. The number of ether oxygens (including phenoxy) is 3. The number of halogens is 1. The zero-order valence-electron chi connectivity index (χ0n) is 11.1. The summed E-state index contributed by atoms with van der Waals surface area (Å²) >= 11 is 3.40. The molecule has 1 aromatic carbocycles. The lowest BCUT2D eigenvalue weighted by molar-refractivity contribution is -0.148. The van der Waals surface area contributed by atoms with E-state index in [0.717, 1.165) is 15.9 Å². The van der Waals surface area contributed by atoms with Crippen molar-refractivity contribution in [2.45, 2.75) is 6.92 Å². The van der Waals surface area contributed by atoms with Gasteiger partial charge in [-0.05, 0) is 19.1 Å². The highest BCUT2D eigenvalue weighted by molar-refractivity contribution is 9.10. The summed E-state index contributed by atoms with van der Waals surface area (Å²) in [5.74, 6) is 0.427. The molecule has 5 nitrogen and oxygen atoms in total. The predicted molar refractivity (Wildman–Crippen MR) is 76.6 cm³/mol. The van der Waals surface area contributed by atoms with Gasteiger partial charge in [0.05, 0.1) is 20.3 Å². The maximum atomic E-state index is 11.0. The molecule has 0 saturated carbocycles. The van der Waals surface area contributed by atoms with Crippen molar-refractivity contribution >= 4 is 27.6 Å². The van der Waals surface area contributed by atoms with Gasteiger partial charge >= 0.3 is 5.97 Å². The summed E-state index contributed by atoms with van der Waals surface area (Å²) in [6, 6.07) is 5.70. The van der Waals surface area contributed by atoms with Crippen LogP contribution in [-0.2, 0) is 14.3 Å². The summed E-state index contributed by atoms with van der Waals surface area (Å²) < 4.78 is 16.0. The number of hydrogen-bond donors (Lipinski definition) is 1. The Hall–Kier alpha value is -1.27. The van der Waals surface area contributed by atoms with Crippen LogP contribution >= 0.6 is 15.9 Å². The van der Waals surface area contributed by atoms with Crippen LogP contribution in [0.1, 0.15) is 6.92 Å². The van der Waals surface area contributed by atoms with Crippen LogP contribution in [0.25, 0.3) is 0 Å². The highest BCUT2D eigenvalue weighted by Crippen LogP contribution is 2.24. The molecule has 6 heteroatoms. The Labute approximate surface area is 121 Å². The molecule has 0 unspecified atom stereocenters. The highest BCUT2D eigenvalue weighted by Gasteiger charge is 2.02. The second kappa shape index (κ2) is 8.77. The maximum Gasteiger partial charge on any atom is 0.332 e. The molecule has 0 radical (unpaired) electrons. The zero-order chi connectivity index (χ0) is 14.1. The molecule has 0 aliphatic carbocycles. The third-order valence-corrected chi connectivity index (χ3v) is 2.67. The summed E-state index contributed by atoms with van der Waals surface area (Å²) in [6.07, 6.45) is 0. The Bertz CT molecular complexity index is 412. The van der Waals surface area contributed by atoms with Crippen molar-refractivity contribution < 1.29 is 19.0 Å². The number of esters is 1. The van der Waals surface area contributed by atoms with Crippen molar-refractivity contribution in [3.05, 3.63) is 22.7 Å². The van der Waals surface area contributed by atoms with Crippen molar-refractivity contribution in [1.82, 2.24) is 0 Å². The maximum absolute atomic E-state index is 11.0. The van der Waals surface area contributed by atoms with Crippen LogP contribution in [0.3, 0.4) is 0 Å². The van der Waals surface area contributed by atoms with E-state index in [4.69, 9.17) is 14.2 Å². The van der Waals surface area contributed by atoms with Gasteiger partial charge in [0.2, 0.25) is 0 Å². The molecular weight excluding hydrogens is 314 g/mol. The fourth-order valence-corrected chi connectivity index (χ4v) is 1.88. The molecule has 0 fully saturated rings. The highest BCUT2D eigenvalue weighted by atomic mass is 79.9. The van der Waals surface area contributed by atoms with Crippen molar-refractivity contribution in [2.75, 3.05) is 38.8 Å². The van der Waals surface area contributed by atoms with Gasteiger partial charge in [0.15, 0.2) is 0 Å². The van der Waals surface area contributed by atoms with Gasteiger partial charge in [0, 0.05) is 22.8 Å². The number of benzene rings is 1. The topological polar surface area (TPSA) is 56.8 Å². The summed E-state index contributed by atoms with van der Waals surface area (Å²) in [6.45, 7) is 3.14. The quantitative estimate of drug-likeness (QED) is 0.585. The number of carbonyl (C=O) groups excluding carboxylic acids is 1. The van der Waals surface area contributed by atoms with Gasteiger partial charge in [-0.25, -0.2) is 4.79 Å². The molecule has 0 heterocycles. The predicted octanol–water partition coefficient (Wildman–Crippen LogP) is 2.45. The van der Waals surface area contributed by atoms with Crippen molar-refractivity contribution in [3.8, 4) is 5.75 Å². The summed E-state index contributed by atoms with van der Waals surface area (Å²) in [5, 5.41) is 3.18. The lowest BCUT2D eigenvalue weighted by atomic mass is 10.3. The summed E-state index contributed by atoms with van der Waals surface area (Å²) in [7, 11) is 1.62. The molecule has 1 N–H and O–H groups in total. The standard InChI is InChI=1S/C13H18BrNO4/c1-3-19-13(16)9-18-5-4-15-11-6-10(14)7-12(8-11)17-2/h6-8,15H,3-5,9H2,1-2H3. The Morgan fingerprint density at radius 2 is 2.16 bits per heavy atom. The van der Waals surface area contributed by atoms with Crippen LogP contribution in [0.4, 0.5) is 5.69 Å². The second-order valence-electron chi connectivity index (χ2n) is 3.66. The molecule has 1 rings (SSSR count). The van der Waals surface area contributed by atoms with Crippen LogP contribution in [0.2, 0.25) is 0 Å². The van der Waals surface area contributed by atoms with E-state index in [1.165, 1.54) is 0 Å². The molecule has 19 heavy (non-hydrogen) atoms. The average Bonchev–Trinajstić information content (AvgIpc) is 2.38. The van der Waals surface area contributed by atoms with E-state index in [0.29, 0.717) is 19.8 Å². The Morgan fingerprint density at radius 3 is 2.84 bits per heavy atom. The average molecular weight is 332 g/mol. The molecular formula is C13H18BrNO4. The van der Waals surface area contributed by atoms with E-state index in [9.17, 15) is 4.79 Å². The van der Waals surface area contributed by atoms with Crippen LogP contribution in [-0.4, -0.2) is 39.4 Å². The van der Waals surface area contributed by atoms with Gasteiger partial charge in [-0.1, -0.05) is 15.9 Å². The first-order valence-corrected chi connectivity index (χ1v) is 6.76. The molecule has 0 spiro atoms. The molecule has 0 aromatic heterocycles. The van der Waals surface area contributed by atoms with Gasteiger partial charge in [-0.3, -0.25) is 0 Å². The first-order chi connectivity index (χ1) is 9.15. The molecule has 0 atom stereocenters. The van der Waals surface area contributed by atoms with E-state index in [1.807, 2.05) is 18.2 Å². The lowest BCUT2D eigenvalue weighted by Gasteiger charge is -2.09. The van der Waals surface area contributed by atoms with Gasteiger partial charge < -0.3 is 19.5 Å². The van der Waals surface area contributed by atoms with Gasteiger partial charge in [0.25, 0.3) is 0 Å². The minimum absolute atomic E-state index is 0.0165. The number of anilines is 1. The third-order valence-electron chi connectivity index (χ3n) is 2.21. The minimum Gasteiger partial charge on any atom is -0.497 e. The van der Waals surface area contributed by atoms with Crippen LogP contribution < -0.4 is 10.1 Å². The van der Waals surface area contributed by atoms with Crippen molar-refractivity contribution in [1.29, 1.82) is 0 Å². The van der Waals surface area contributed by atoms with Crippen LogP contribution in [0, 0.1) is 0 Å². The molecule has 1 aromatic rings. The molecule has 106 valence electrons. The van der Waals surface area contributed by atoms with Crippen LogP contribution in [0.5, 0.6) is 5.75 Å². The number of carbonyl (C=O) groups is 1. The van der Waals surface area contributed by atoms with Crippen molar-refractivity contribution in [2.24, 2.45) is 0 Å². The first kappa shape index (κ1) is 15.8. The molecule has 0 aliphatic heterocycles. The Morgan fingerprint density at radius 1 is 1.37 bits per heavy atom.